The summed E-state index contributed by atoms with van der Waals surface area (Å²) in [7, 11) is -3.58. The fraction of sp³-hybridized carbons (Fsp3) is 1.00. The Morgan fingerprint density at radius 3 is 2.00 bits per heavy atom. The van der Waals surface area contributed by atoms with E-state index < -0.39 is 17.7 Å². The van der Waals surface area contributed by atoms with Crippen LogP contribution in [0.4, 0.5) is 0 Å². The number of halogens is 4. The molecule has 9 heteroatoms. The molecule has 0 aromatic rings. The number of phosphoric ester groups is 1. The van der Waals surface area contributed by atoms with Crippen LogP contribution >= 0.6 is 58.6 Å². The highest BCUT2D eigenvalue weighted by molar-refractivity contribution is 9.09. The lowest BCUT2D eigenvalue weighted by molar-refractivity contribution is 0.0902. The number of rotatable bonds is 8. The maximum absolute atomic E-state index is 12.1. The lowest BCUT2D eigenvalue weighted by Gasteiger charge is -2.24. The standard InChI is InChI=1S/C8H15BrCl3O4P/c1-3-14-17(13,15-4-2)16-7(6-9)5-8(10,11)12/h7H,3-6H2,1-2H3. The third kappa shape index (κ3) is 9.06. The summed E-state index contributed by atoms with van der Waals surface area (Å²) in [6.07, 6.45) is -0.501. The Labute approximate surface area is 125 Å². The van der Waals surface area contributed by atoms with Crippen LogP contribution in [-0.4, -0.2) is 28.4 Å². The van der Waals surface area contributed by atoms with Crippen molar-refractivity contribution >= 4 is 58.6 Å². The molecule has 0 rings (SSSR count). The molecule has 0 radical (unpaired) electrons. The summed E-state index contributed by atoms with van der Waals surface area (Å²) >= 11 is 20.1. The number of phosphoric acid groups is 1. The van der Waals surface area contributed by atoms with E-state index in [4.69, 9.17) is 48.4 Å². The van der Waals surface area contributed by atoms with Crippen LogP contribution in [0.5, 0.6) is 0 Å². The SMILES string of the molecule is CCOP(=O)(OCC)OC(CBr)CC(Cl)(Cl)Cl. The molecule has 0 aliphatic heterocycles. The second-order valence-electron chi connectivity index (χ2n) is 2.98. The molecular weight excluding hydrogens is 377 g/mol. The summed E-state index contributed by atoms with van der Waals surface area (Å²) in [5.74, 6) is 0. The Balaban J connectivity index is 4.54. The van der Waals surface area contributed by atoms with Gasteiger partial charge in [0.2, 0.25) is 0 Å². The molecule has 0 aromatic heterocycles. The highest BCUT2D eigenvalue weighted by atomic mass is 79.9. The van der Waals surface area contributed by atoms with Crippen molar-refractivity contribution in [1.29, 1.82) is 0 Å². The number of hydrogen-bond acceptors (Lipinski definition) is 4. The summed E-state index contributed by atoms with van der Waals surface area (Å²) in [5.41, 5.74) is 0. The van der Waals surface area contributed by atoms with Gasteiger partial charge in [0.15, 0.2) is 3.79 Å². The van der Waals surface area contributed by atoms with Crippen LogP contribution in [0.1, 0.15) is 20.3 Å². The summed E-state index contributed by atoms with van der Waals surface area (Å²) in [6, 6.07) is 0. The molecule has 17 heavy (non-hydrogen) atoms. The number of alkyl halides is 4. The molecule has 0 saturated carbocycles. The summed E-state index contributed by atoms with van der Waals surface area (Å²) in [6.45, 7) is 3.79. The van der Waals surface area contributed by atoms with E-state index in [-0.39, 0.29) is 19.6 Å². The van der Waals surface area contributed by atoms with Gasteiger partial charge in [0.1, 0.15) is 0 Å². The van der Waals surface area contributed by atoms with Crippen molar-refractivity contribution < 1.29 is 18.1 Å². The third-order valence-electron chi connectivity index (χ3n) is 1.48. The van der Waals surface area contributed by atoms with E-state index in [9.17, 15) is 4.57 Å². The average Bonchev–Trinajstić information content (AvgIpc) is 2.15. The molecule has 0 amide bonds. The molecule has 1 unspecified atom stereocenters. The van der Waals surface area contributed by atoms with Crippen molar-refractivity contribution in [3.8, 4) is 0 Å². The van der Waals surface area contributed by atoms with Crippen molar-refractivity contribution in [3.05, 3.63) is 0 Å². The molecule has 0 aliphatic rings. The first-order chi connectivity index (χ1) is 7.76. The minimum absolute atomic E-state index is 0.0764. The molecule has 0 saturated heterocycles. The summed E-state index contributed by atoms with van der Waals surface area (Å²) in [5, 5.41) is 0.352. The number of hydrogen-bond donors (Lipinski definition) is 0. The lowest BCUT2D eigenvalue weighted by Crippen LogP contribution is -2.21. The van der Waals surface area contributed by atoms with E-state index in [1.807, 2.05) is 0 Å². The predicted octanol–water partition coefficient (Wildman–Crippen LogP) is 4.71. The monoisotopic (exact) mass is 390 g/mol. The first-order valence-electron chi connectivity index (χ1n) is 4.96. The van der Waals surface area contributed by atoms with Gasteiger partial charge in [-0.1, -0.05) is 50.7 Å². The lowest BCUT2D eigenvalue weighted by atomic mass is 10.3. The van der Waals surface area contributed by atoms with E-state index in [1.165, 1.54) is 0 Å². The Morgan fingerprint density at radius 1 is 1.24 bits per heavy atom. The molecule has 0 heterocycles. The third-order valence-corrected chi connectivity index (χ3v) is 4.37. The summed E-state index contributed by atoms with van der Waals surface area (Å²) in [4.78, 5) is 0. The van der Waals surface area contributed by atoms with Gasteiger partial charge in [-0.3, -0.25) is 13.6 Å². The largest absolute Gasteiger partial charge is 0.475 e. The zero-order valence-corrected chi connectivity index (χ0v) is 14.2. The van der Waals surface area contributed by atoms with E-state index in [0.717, 1.165) is 0 Å². The molecule has 104 valence electrons. The van der Waals surface area contributed by atoms with Gasteiger partial charge in [0.25, 0.3) is 0 Å². The summed E-state index contributed by atoms with van der Waals surface area (Å²) < 4.78 is 25.8. The van der Waals surface area contributed by atoms with Gasteiger partial charge in [0.05, 0.1) is 19.3 Å². The van der Waals surface area contributed by atoms with Gasteiger partial charge in [-0.2, -0.15) is 0 Å². The van der Waals surface area contributed by atoms with E-state index in [1.54, 1.807) is 13.8 Å². The second kappa shape index (κ2) is 8.60. The quantitative estimate of drug-likeness (QED) is 0.443. The van der Waals surface area contributed by atoms with Crippen molar-refractivity contribution in [2.45, 2.75) is 30.2 Å². The molecule has 4 nitrogen and oxygen atoms in total. The van der Waals surface area contributed by atoms with E-state index in [2.05, 4.69) is 15.9 Å². The maximum Gasteiger partial charge on any atom is 0.475 e. The van der Waals surface area contributed by atoms with Gasteiger partial charge >= 0.3 is 7.82 Å². The normalized spacial score (nSPS) is 14.9. The van der Waals surface area contributed by atoms with Crippen LogP contribution in [-0.2, 0) is 18.1 Å². The van der Waals surface area contributed by atoms with Gasteiger partial charge in [0, 0.05) is 11.8 Å². The zero-order chi connectivity index (χ0) is 13.5. The molecule has 0 fully saturated rings. The van der Waals surface area contributed by atoms with E-state index >= 15 is 0 Å². The van der Waals surface area contributed by atoms with Crippen LogP contribution in [0, 0.1) is 0 Å². The van der Waals surface area contributed by atoms with Crippen LogP contribution in [0.25, 0.3) is 0 Å². The van der Waals surface area contributed by atoms with Crippen molar-refractivity contribution in [1.82, 2.24) is 0 Å². The predicted molar refractivity (Wildman–Crippen MR) is 74.4 cm³/mol. The Hall–Kier alpha value is 1.46. The molecular formula is C8H15BrCl3O4P. The van der Waals surface area contributed by atoms with Gasteiger partial charge in [-0.15, -0.1) is 0 Å². The average molecular weight is 392 g/mol. The fourth-order valence-electron chi connectivity index (χ4n) is 0.975. The molecule has 0 aromatic carbocycles. The fourth-order valence-corrected chi connectivity index (χ4v) is 3.40. The highest BCUT2D eigenvalue weighted by Crippen LogP contribution is 2.51. The van der Waals surface area contributed by atoms with Crippen molar-refractivity contribution in [3.63, 3.8) is 0 Å². The molecule has 0 bridgehead atoms. The molecule has 0 N–H and O–H groups in total. The smallest absolute Gasteiger partial charge is 0.287 e. The van der Waals surface area contributed by atoms with Gasteiger partial charge < -0.3 is 0 Å². The zero-order valence-electron chi connectivity index (χ0n) is 9.50. The van der Waals surface area contributed by atoms with Crippen LogP contribution in [0.2, 0.25) is 0 Å². The van der Waals surface area contributed by atoms with E-state index in [0.29, 0.717) is 5.33 Å². The first kappa shape index (κ1) is 18.5. The van der Waals surface area contributed by atoms with Crippen molar-refractivity contribution in [2.24, 2.45) is 0 Å². The van der Waals surface area contributed by atoms with Gasteiger partial charge in [-0.05, 0) is 13.8 Å². The Morgan fingerprint density at radius 2 is 1.71 bits per heavy atom. The van der Waals surface area contributed by atoms with Crippen LogP contribution in [0.15, 0.2) is 0 Å². The second-order valence-corrected chi connectivity index (χ2v) is 7.77. The molecule has 1 atom stereocenters. The Bertz CT molecular complexity index is 252. The minimum atomic E-state index is -3.58. The molecule has 0 spiro atoms. The maximum atomic E-state index is 12.1. The Kier molecular flexibility index (Phi) is 9.33. The highest BCUT2D eigenvalue weighted by Gasteiger charge is 2.34. The van der Waals surface area contributed by atoms with Crippen LogP contribution < -0.4 is 0 Å². The first-order valence-corrected chi connectivity index (χ1v) is 8.68. The topological polar surface area (TPSA) is 44.8 Å². The minimum Gasteiger partial charge on any atom is -0.287 e. The molecule has 0 aliphatic carbocycles. The van der Waals surface area contributed by atoms with Crippen molar-refractivity contribution in [2.75, 3.05) is 18.5 Å². The van der Waals surface area contributed by atoms with Crippen LogP contribution in [0.3, 0.4) is 0 Å². The van der Waals surface area contributed by atoms with Gasteiger partial charge in [-0.25, -0.2) is 4.57 Å².